The summed E-state index contributed by atoms with van der Waals surface area (Å²) in [4.78, 5) is 14.3. The Morgan fingerprint density at radius 3 is 2.54 bits per heavy atom. The summed E-state index contributed by atoms with van der Waals surface area (Å²) in [5.41, 5.74) is 16.1. The van der Waals surface area contributed by atoms with E-state index in [0.29, 0.717) is 0 Å². The molecule has 0 spiro atoms. The lowest BCUT2D eigenvalue weighted by Crippen LogP contribution is -1.96. The molecule has 0 saturated carbocycles. The molecular weight excluding hydrogens is 428 g/mol. The molecule has 2 aliphatic carbocycles. The summed E-state index contributed by atoms with van der Waals surface area (Å²) in [5, 5.41) is 2.38. The van der Waals surface area contributed by atoms with Crippen LogP contribution in [0.5, 0.6) is 0 Å². The van der Waals surface area contributed by atoms with Gasteiger partial charge in [-0.2, -0.15) is 0 Å². The molecule has 35 heavy (non-hydrogen) atoms. The van der Waals surface area contributed by atoms with E-state index in [0.717, 1.165) is 40.6 Å². The van der Waals surface area contributed by atoms with Crippen LogP contribution in [-0.2, 0) is 12.8 Å². The van der Waals surface area contributed by atoms with Crippen molar-refractivity contribution >= 4 is 38.5 Å². The number of nitrogens with zero attached hydrogens (tertiary/aromatic N) is 4. The Morgan fingerprint density at radius 1 is 0.686 bits per heavy atom. The summed E-state index contributed by atoms with van der Waals surface area (Å²) in [5.74, 6) is 0. The van der Waals surface area contributed by atoms with Gasteiger partial charge in [0.25, 0.3) is 0 Å². The first-order chi connectivity index (χ1) is 17.3. The Morgan fingerprint density at radius 2 is 1.57 bits per heavy atom. The van der Waals surface area contributed by atoms with Gasteiger partial charge in [0, 0.05) is 23.2 Å². The molecule has 4 nitrogen and oxygen atoms in total. The summed E-state index contributed by atoms with van der Waals surface area (Å²) < 4.78 is 2.24. The zero-order valence-corrected chi connectivity index (χ0v) is 18.8. The highest BCUT2D eigenvalue weighted by molar-refractivity contribution is 6.15. The van der Waals surface area contributed by atoms with Gasteiger partial charge < -0.3 is 0 Å². The third kappa shape index (κ3) is 2.15. The minimum atomic E-state index is 0.910. The number of pyridine rings is 3. The molecule has 4 heterocycles. The van der Waals surface area contributed by atoms with Crippen molar-refractivity contribution in [2.45, 2.75) is 12.8 Å². The summed E-state index contributed by atoms with van der Waals surface area (Å²) in [7, 11) is 0. The van der Waals surface area contributed by atoms with Crippen molar-refractivity contribution < 1.29 is 0 Å². The standard InChI is InChI=1S/C31H18N4/c1-2-5-20-17(4-1)12-18-13-24-19(14-23(18)20)15-25-21(24)7-8-22-29(25)31-34-26-9-11-32-16-28(26)35(31)27-6-3-10-33-30(22)27/h1-11,13-14,16H,12,15H2. The van der Waals surface area contributed by atoms with Gasteiger partial charge in [0.2, 0.25) is 0 Å². The minimum absolute atomic E-state index is 0.910. The average Bonchev–Trinajstić information content (AvgIpc) is 3.58. The number of hydrogen-bond donors (Lipinski definition) is 0. The van der Waals surface area contributed by atoms with Crippen molar-refractivity contribution in [2.24, 2.45) is 0 Å². The average molecular weight is 447 g/mol. The van der Waals surface area contributed by atoms with Crippen molar-refractivity contribution in [3.63, 3.8) is 0 Å². The molecule has 4 aromatic heterocycles. The normalized spacial score (nSPS) is 13.5. The van der Waals surface area contributed by atoms with E-state index >= 15 is 0 Å². The molecule has 4 heteroatoms. The Kier molecular flexibility index (Phi) is 3.11. The SMILES string of the molecule is c1ccc2c(c1)Cc1cc3c(cc1-2)Cc1c-3ccc2c3ncccc3n3c4cnccc4nc3c12. The third-order valence-corrected chi connectivity index (χ3v) is 7.95. The number of fused-ring (bicyclic) bond motifs is 15. The summed E-state index contributed by atoms with van der Waals surface area (Å²) in [6.45, 7) is 0. The van der Waals surface area contributed by atoms with E-state index in [1.54, 1.807) is 0 Å². The van der Waals surface area contributed by atoms with Crippen LogP contribution in [0.4, 0.5) is 0 Å². The Labute approximate surface area is 200 Å². The van der Waals surface area contributed by atoms with Crippen molar-refractivity contribution in [1.82, 2.24) is 19.4 Å². The lowest BCUT2D eigenvalue weighted by Gasteiger charge is -2.11. The molecule has 0 saturated heterocycles. The predicted molar refractivity (Wildman–Crippen MR) is 140 cm³/mol. The van der Waals surface area contributed by atoms with Crippen LogP contribution in [0.25, 0.3) is 60.7 Å². The maximum absolute atomic E-state index is 5.12. The van der Waals surface area contributed by atoms with E-state index in [4.69, 9.17) is 9.97 Å². The lowest BCUT2D eigenvalue weighted by molar-refractivity contribution is 1.24. The van der Waals surface area contributed by atoms with E-state index < -0.39 is 0 Å². The van der Waals surface area contributed by atoms with Crippen LogP contribution in [-0.4, -0.2) is 19.4 Å². The third-order valence-electron chi connectivity index (χ3n) is 7.95. The summed E-state index contributed by atoms with van der Waals surface area (Å²) in [6, 6.07) is 24.4. The maximum atomic E-state index is 5.12. The summed E-state index contributed by atoms with van der Waals surface area (Å²) in [6.07, 6.45) is 7.53. The number of imidazole rings is 1. The zero-order chi connectivity index (χ0) is 22.7. The topological polar surface area (TPSA) is 43.1 Å². The van der Waals surface area contributed by atoms with Crippen molar-refractivity contribution in [3.8, 4) is 22.3 Å². The van der Waals surface area contributed by atoms with Gasteiger partial charge in [-0.05, 0) is 87.7 Å². The molecule has 162 valence electrons. The van der Waals surface area contributed by atoms with Gasteiger partial charge >= 0.3 is 0 Å². The summed E-state index contributed by atoms with van der Waals surface area (Å²) >= 11 is 0. The molecule has 0 amide bonds. The minimum Gasteiger partial charge on any atom is -0.289 e. The zero-order valence-electron chi connectivity index (χ0n) is 18.8. The van der Waals surface area contributed by atoms with E-state index in [1.807, 2.05) is 30.7 Å². The highest BCUT2D eigenvalue weighted by atomic mass is 15.0. The number of aromatic nitrogens is 4. The predicted octanol–water partition coefficient (Wildman–Crippen LogP) is 6.73. The molecular formula is C31H18N4. The molecule has 0 aliphatic heterocycles. The fraction of sp³-hybridized carbons (Fsp3) is 0.0645. The van der Waals surface area contributed by atoms with Gasteiger partial charge in [0.1, 0.15) is 5.65 Å². The molecule has 0 N–H and O–H groups in total. The van der Waals surface area contributed by atoms with Crippen LogP contribution in [0, 0.1) is 0 Å². The van der Waals surface area contributed by atoms with Gasteiger partial charge in [-0.3, -0.25) is 14.4 Å². The van der Waals surface area contributed by atoms with E-state index in [1.165, 1.54) is 55.3 Å². The first-order valence-electron chi connectivity index (χ1n) is 12.0. The first-order valence-corrected chi connectivity index (χ1v) is 12.0. The van der Waals surface area contributed by atoms with Gasteiger partial charge in [0.15, 0.2) is 0 Å². The van der Waals surface area contributed by atoms with Crippen LogP contribution in [0.3, 0.4) is 0 Å². The Balaban J connectivity index is 1.40. The number of hydrogen-bond acceptors (Lipinski definition) is 3. The smallest absolute Gasteiger partial charge is 0.146 e. The largest absolute Gasteiger partial charge is 0.289 e. The second kappa shape index (κ2) is 6.10. The van der Waals surface area contributed by atoms with E-state index in [-0.39, 0.29) is 0 Å². The molecule has 9 rings (SSSR count). The quantitative estimate of drug-likeness (QED) is 0.243. The Hall–Kier alpha value is -4.57. The molecule has 3 aromatic carbocycles. The highest BCUT2D eigenvalue weighted by Gasteiger charge is 2.28. The van der Waals surface area contributed by atoms with Crippen molar-refractivity contribution in [1.29, 1.82) is 0 Å². The molecule has 0 radical (unpaired) electrons. The number of rotatable bonds is 0. The second-order valence-electron chi connectivity index (χ2n) is 9.70. The van der Waals surface area contributed by atoms with Crippen LogP contribution < -0.4 is 0 Å². The second-order valence-corrected chi connectivity index (χ2v) is 9.70. The molecule has 7 aromatic rings. The van der Waals surface area contributed by atoms with Gasteiger partial charge in [0.05, 0.1) is 28.3 Å². The molecule has 0 unspecified atom stereocenters. The van der Waals surface area contributed by atoms with Crippen LogP contribution >= 0.6 is 0 Å². The highest BCUT2D eigenvalue weighted by Crippen LogP contribution is 2.47. The van der Waals surface area contributed by atoms with Gasteiger partial charge in [-0.15, -0.1) is 0 Å². The van der Waals surface area contributed by atoms with Crippen molar-refractivity contribution in [3.05, 3.63) is 108 Å². The van der Waals surface area contributed by atoms with E-state index in [2.05, 4.69) is 64.0 Å². The van der Waals surface area contributed by atoms with Gasteiger partial charge in [-0.25, -0.2) is 4.98 Å². The molecule has 0 atom stereocenters. The fourth-order valence-electron chi connectivity index (χ4n) is 6.47. The van der Waals surface area contributed by atoms with Crippen LogP contribution in [0.2, 0.25) is 0 Å². The fourth-order valence-corrected chi connectivity index (χ4v) is 6.47. The van der Waals surface area contributed by atoms with Gasteiger partial charge in [-0.1, -0.05) is 36.4 Å². The Bertz CT molecular complexity index is 2070. The number of benzene rings is 3. The first kappa shape index (κ1) is 17.8. The van der Waals surface area contributed by atoms with E-state index in [9.17, 15) is 0 Å². The maximum Gasteiger partial charge on any atom is 0.146 e. The molecule has 2 aliphatic rings. The lowest BCUT2D eigenvalue weighted by atomic mass is 9.97. The van der Waals surface area contributed by atoms with Crippen molar-refractivity contribution in [2.75, 3.05) is 0 Å². The molecule has 0 bridgehead atoms. The monoisotopic (exact) mass is 446 g/mol. The molecule has 0 fully saturated rings. The van der Waals surface area contributed by atoms with Crippen LogP contribution in [0.1, 0.15) is 22.3 Å². The van der Waals surface area contributed by atoms with Crippen LogP contribution in [0.15, 0.2) is 85.3 Å².